The van der Waals surface area contributed by atoms with Gasteiger partial charge in [-0.25, -0.2) is 4.79 Å². The Morgan fingerprint density at radius 2 is 1.57 bits per heavy atom. The third-order valence-electron chi connectivity index (χ3n) is 9.14. The van der Waals surface area contributed by atoms with E-state index in [2.05, 4.69) is 0 Å². The summed E-state index contributed by atoms with van der Waals surface area (Å²) in [5, 5.41) is 9.50. The predicted molar refractivity (Wildman–Crippen MR) is 172 cm³/mol. The molecule has 0 bridgehead atoms. The molecule has 7 rings (SSSR count). The van der Waals surface area contributed by atoms with E-state index >= 15 is 0 Å². The molecule has 0 saturated heterocycles. The Hall–Kier alpha value is -5.18. The third-order valence-corrected chi connectivity index (χ3v) is 9.14. The molecular formula is C38H36O9. The number of rotatable bonds is 11. The molecule has 2 aliphatic carbocycles. The van der Waals surface area contributed by atoms with Crippen molar-refractivity contribution in [1.29, 1.82) is 0 Å². The molecule has 3 aliphatic rings. The molecule has 0 unspecified atom stereocenters. The maximum Gasteiger partial charge on any atom is 0.341 e. The maximum absolute atomic E-state index is 14.7. The van der Waals surface area contributed by atoms with E-state index in [4.69, 9.17) is 28.4 Å². The highest BCUT2D eigenvalue weighted by Gasteiger charge is 2.49. The molecule has 1 N–H and O–H groups in total. The van der Waals surface area contributed by atoms with Gasteiger partial charge in [0, 0.05) is 23.5 Å². The highest BCUT2D eigenvalue weighted by molar-refractivity contribution is 5.82. The first kappa shape index (κ1) is 30.5. The zero-order valence-electron chi connectivity index (χ0n) is 26.3. The van der Waals surface area contributed by atoms with Gasteiger partial charge in [0.05, 0.1) is 19.6 Å². The number of ether oxygens (including phenoxy) is 6. The first-order valence-corrected chi connectivity index (χ1v) is 16.0. The van der Waals surface area contributed by atoms with Gasteiger partial charge < -0.3 is 33.5 Å². The van der Waals surface area contributed by atoms with Crippen LogP contribution in [0.25, 0.3) is 0 Å². The normalized spacial score (nSPS) is 18.7. The fourth-order valence-electron chi connectivity index (χ4n) is 7.08. The standard InChI is InChI=1S/C38H36O9/c1-3-15-43-26-11-12-28-30(18-26)36(29-13-10-25(42-2)19-32(29)44-20-34(39)40)37(35(28)24-8-14-31-33(17-24)46-21-45-31)38(41)47-27-9-7-22-5-4-6-23(22)16-27/h7-14,16-19,35-37H,3-6,15,20-21H2,1-2H3,(H,39,40)/t35-,36+,37+/m0/s1. The van der Waals surface area contributed by atoms with Crippen molar-refractivity contribution in [3.63, 3.8) is 0 Å². The van der Waals surface area contributed by atoms with Crippen LogP contribution in [0.4, 0.5) is 0 Å². The Balaban J connectivity index is 1.39. The van der Waals surface area contributed by atoms with Crippen LogP contribution in [0.5, 0.6) is 34.5 Å². The number of hydrogen-bond donors (Lipinski definition) is 1. The Labute approximate surface area is 272 Å². The van der Waals surface area contributed by atoms with Gasteiger partial charge in [-0.1, -0.05) is 31.2 Å². The number of aryl methyl sites for hydroxylation is 2. The van der Waals surface area contributed by atoms with Crippen molar-refractivity contribution in [1.82, 2.24) is 0 Å². The summed E-state index contributed by atoms with van der Waals surface area (Å²) in [7, 11) is 1.53. The van der Waals surface area contributed by atoms with Gasteiger partial charge in [-0.3, -0.25) is 4.79 Å². The SMILES string of the molecule is CCCOc1ccc2c(c1)[C@@H](c1ccc(OC)cc1OCC(=O)O)[C@H](C(=O)Oc1ccc3c(c1)CCC3)[C@H]2c1ccc2c(c1)OCO2. The molecule has 0 aromatic heterocycles. The number of fused-ring (bicyclic) bond motifs is 3. The van der Waals surface area contributed by atoms with Gasteiger partial charge in [-0.2, -0.15) is 0 Å². The molecule has 0 spiro atoms. The molecule has 0 fully saturated rings. The summed E-state index contributed by atoms with van der Waals surface area (Å²) in [4.78, 5) is 26.3. The molecule has 1 aliphatic heterocycles. The van der Waals surface area contributed by atoms with Crippen LogP contribution in [0.2, 0.25) is 0 Å². The van der Waals surface area contributed by atoms with Crippen molar-refractivity contribution in [3.8, 4) is 34.5 Å². The van der Waals surface area contributed by atoms with Gasteiger partial charge in [-0.05, 0) is 96.0 Å². The highest BCUT2D eigenvalue weighted by atomic mass is 16.7. The van der Waals surface area contributed by atoms with Crippen LogP contribution < -0.4 is 28.4 Å². The minimum absolute atomic E-state index is 0.126. The fourth-order valence-corrected chi connectivity index (χ4v) is 7.08. The van der Waals surface area contributed by atoms with Crippen LogP contribution in [-0.2, 0) is 22.4 Å². The van der Waals surface area contributed by atoms with Gasteiger partial charge in [0.1, 0.15) is 23.0 Å². The molecule has 47 heavy (non-hydrogen) atoms. The summed E-state index contributed by atoms with van der Waals surface area (Å²) in [6.45, 7) is 2.14. The molecule has 4 aromatic carbocycles. The number of aliphatic carboxylic acids is 1. The van der Waals surface area contributed by atoms with E-state index in [0.717, 1.165) is 42.4 Å². The Morgan fingerprint density at radius 3 is 2.40 bits per heavy atom. The van der Waals surface area contributed by atoms with Crippen molar-refractivity contribution in [2.75, 3.05) is 27.1 Å². The Morgan fingerprint density at radius 1 is 0.787 bits per heavy atom. The minimum Gasteiger partial charge on any atom is -0.497 e. The monoisotopic (exact) mass is 636 g/mol. The zero-order valence-corrected chi connectivity index (χ0v) is 26.3. The van der Waals surface area contributed by atoms with Crippen molar-refractivity contribution < 1.29 is 43.1 Å². The molecule has 4 aromatic rings. The number of carboxylic acids is 1. The Bertz CT molecular complexity index is 1830. The van der Waals surface area contributed by atoms with Gasteiger partial charge in [0.2, 0.25) is 6.79 Å². The second-order valence-corrected chi connectivity index (χ2v) is 12.0. The number of methoxy groups -OCH3 is 1. The lowest BCUT2D eigenvalue weighted by Crippen LogP contribution is -2.29. The lowest BCUT2D eigenvalue weighted by Gasteiger charge is -2.26. The van der Waals surface area contributed by atoms with Crippen LogP contribution >= 0.6 is 0 Å². The molecule has 0 radical (unpaired) electrons. The van der Waals surface area contributed by atoms with E-state index in [1.807, 2.05) is 67.6 Å². The largest absolute Gasteiger partial charge is 0.497 e. The molecule has 3 atom stereocenters. The smallest absolute Gasteiger partial charge is 0.341 e. The van der Waals surface area contributed by atoms with E-state index in [9.17, 15) is 14.7 Å². The topological polar surface area (TPSA) is 110 Å². The van der Waals surface area contributed by atoms with E-state index in [1.165, 1.54) is 18.2 Å². The molecule has 0 saturated carbocycles. The van der Waals surface area contributed by atoms with Crippen molar-refractivity contribution in [2.45, 2.75) is 44.4 Å². The van der Waals surface area contributed by atoms with Crippen molar-refractivity contribution >= 4 is 11.9 Å². The molecule has 9 heteroatoms. The molecular weight excluding hydrogens is 600 g/mol. The molecule has 9 nitrogen and oxygen atoms in total. The first-order chi connectivity index (χ1) is 22.9. The number of carbonyl (C=O) groups excluding carboxylic acids is 1. The zero-order chi connectivity index (χ0) is 32.5. The highest BCUT2D eigenvalue weighted by Crippen LogP contribution is 2.56. The predicted octanol–water partition coefficient (Wildman–Crippen LogP) is 6.66. The summed E-state index contributed by atoms with van der Waals surface area (Å²) in [5.41, 5.74) is 5.77. The summed E-state index contributed by atoms with van der Waals surface area (Å²) < 4.78 is 35.0. The lowest BCUT2D eigenvalue weighted by molar-refractivity contribution is -0.140. The molecule has 1 heterocycles. The van der Waals surface area contributed by atoms with Gasteiger partial charge in [0.15, 0.2) is 18.1 Å². The van der Waals surface area contributed by atoms with Crippen LogP contribution in [-0.4, -0.2) is 44.2 Å². The number of esters is 1. The second kappa shape index (κ2) is 12.9. The molecule has 0 amide bonds. The van der Waals surface area contributed by atoms with E-state index < -0.39 is 36.3 Å². The lowest BCUT2D eigenvalue weighted by atomic mass is 9.79. The number of hydrogen-bond acceptors (Lipinski definition) is 8. The van der Waals surface area contributed by atoms with E-state index in [-0.39, 0.29) is 6.79 Å². The average molecular weight is 637 g/mol. The fraction of sp³-hybridized carbons (Fsp3) is 0.316. The summed E-state index contributed by atoms with van der Waals surface area (Å²) in [5.74, 6) is -0.0904. The summed E-state index contributed by atoms with van der Waals surface area (Å²) >= 11 is 0. The number of carbonyl (C=O) groups is 2. The van der Waals surface area contributed by atoms with Crippen LogP contribution in [0, 0.1) is 5.92 Å². The number of carboxylic acid groups (broad SMARTS) is 1. The van der Waals surface area contributed by atoms with Gasteiger partial charge in [0.25, 0.3) is 0 Å². The molecule has 242 valence electrons. The van der Waals surface area contributed by atoms with Crippen molar-refractivity contribution in [2.24, 2.45) is 5.92 Å². The van der Waals surface area contributed by atoms with Crippen LogP contribution in [0.1, 0.15) is 65.0 Å². The van der Waals surface area contributed by atoms with Crippen LogP contribution in [0.15, 0.2) is 72.8 Å². The van der Waals surface area contributed by atoms with Gasteiger partial charge >= 0.3 is 11.9 Å². The quantitative estimate of drug-likeness (QED) is 0.143. The first-order valence-electron chi connectivity index (χ1n) is 16.0. The Kier molecular flexibility index (Phi) is 8.37. The summed E-state index contributed by atoms with van der Waals surface area (Å²) in [6.07, 6.45) is 3.89. The average Bonchev–Trinajstić information content (AvgIpc) is 3.83. The third kappa shape index (κ3) is 5.93. The second-order valence-electron chi connectivity index (χ2n) is 12.0. The maximum atomic E-state index is 14.7. The minimum atomic E-state index is -1.12. The summed E-state index contributed by atoms with van der Waals surface area (Å²) in [6, 6.07) is 22.8. The van der Waals surface area contributed by atoms with Crippen LogP contribution in [0.3, 0.4) is 0 Å². The van der Waals surface area contributed by atoms with Crippen molar-refractivity contribution in [3.05, 3.63) is 106 Å². The van der Waals surface area contributed by atoms with E-state index in [0.29, 0.717) is 46.7 Å². The number of benzene rings is 4. The van der Waals surface area contributed by atoms with Gasteiger partial charge in [-0.15, -0.1) is 0 Å². The van der Waals surface area contributed by atoms with E-state index in [1.54, 1.807) is 12.1 Å².